The Labute approximate surface area is 243 Å². The summed E-state index contributed by atoms with van der Waals surface area (Å²) in [5, 5.41) is 2.17. The van der Waals surface area contributed by atoms with Gasteiger partial charge in [-0.25, -0.2) is 0 Å². The maximum Gasteiger partial charge on any atom is 0.0841 e. The minimum absolute atomic E-state index is 0.666. The third kappa shape index (κ3) is 17.7. The van der Waals surface area contributed by atoms with Crippen LogP contribution in [-0.4, -0.2) is 22.7 Å². The van der Waals surface area contributed by atoms with Crippen molar-refractivity contribution in [3.8, 4) is 0 Å². The molecule has 4 atom stereocenters. The van der Waals surface area contributed by atoms with Crippen LogP contribution < -0.4 is 0 Å². The second-order valence-corrected chi connectivity index (χ2v) is 14.6. The van der Waals surface area contributed by atoms with Gasteiger partial charge in [0.05, 0.1) is 12.2 Å². The highest BCUT2D eigenvalue weighted by molar-refractivity contribution is 8.07. The van der Waals surface area contributed by atoms with E-state index in [9.17, 15) is 0 Å². The molecule has 5 aliphatic rings. The first-order valence-electron chi connectivity index (χ1n) is 17.9. The lowest BCUT2D eigenvalue weighted by molar-refractivity contribution is 0.349. The molecule has 4 unspecified atom stereocenters. The molecule has 3 aliphatic carbocycles. The Morgan fingerprint density at radius 3 is 1.00 bits per heavy atom. The number of allylic oxidation sites excluding steroid dienone is 2. The van der Waals surface area contributed by atoms with E-state index in [1.807, 2.05) is 0 Å². The van der Waals surface area contributed by atoms with Crippen molar-refractivity contribution in [2.45, 2.75) is 215 Å². The number of ether oxygens (including phenoxy) is 1. The predicted molar refractivity (Wildman–Crippen MR) is 171 cm³/mol. The van der Waals surface area contributed by atoms with E-state index < -0.39 is 0 Å². The van der Waals surface area contributed by atoms with Gasteiger partial charge in [0.1, 0.15) is 0 Å². The molecule has 5 rings (SSSR count). The maximum absolute atomic E-state index is 5.63. The molecule has 0 spiro atoms. The van der Waals surface area contributed by atoms with Gasteiger partial charge < -0.3 is 4.74 Å². The Balaban J connectivity index is 0.000000158. The van der Waals surface area contributed by atoms with Crippen molar-refractivity contribution in [3.05, 3.63) is 12.2 Å². The van der Waals surface area contributed by atoms with Gasteiger partial charge in [-0.1, -0.05) is 153 Å². The normalized spacial score (nSPS) is 32.4. The fourth-order valence-electron chi connectivity index (χ4n) is 6.70. The average molecular weight is 547 g/mol. The summed E-state index contributed by atoms with van der Waals surface area (Å²) in [5.41, 5.74) is 0. The van der Waals surface area contributed by atoms with Crippen LogP contribution in [0.3, 0.4) is 0 Å². The van der Waals surface area contributed by atoms with Crippen LogP contribution in [0.25, 0.3) is 0 Å². The van der Waals surface area contributed by atoms with Crippen LogP contribution in [0, 0.1) is 0 Å². The Morgan fingerprint density at radius 2 is 0.632 bits per heavy atom. The van der Waals surface area contributed by atoms with Crippen molar-refractivity contribution in [2.24, 2.45) is 0 Å². The Kier molecular flexibility index (Phi) is 19.5. The summed E-state index contributed by atoms with van der Waals surface area (Å²) in [7, 11) is 0. The van der Waals surface area contributed by atoms with E-state index in [1.165, 1.54) is 193 Å². The van der Waals surface area contributed by atoms with Gasteiger partial charge >= 0.3 is 0 Å². The molecule has 222 valence electrons. The van der Waals surface area contributed by atoms with E-state index in [4.69, 9.17) is 4.74 Å². The van der Waals surface area contributed by atoms with E-state index in [2.05, 4.69) is 23.9 Å². The molecule has 0 aromatic rings. The van der Waals surface area contributed by atoms with Gasteiger partial charge in [-0.15, -0.1) is 0 Å². The molecule has 2 saturated heterocycles. The predicted octanol–water partition coefficient (Wildman–Crippen LogP) is 12.5. The summed E-state index contributed by atoms with van der Waals surface area (Å²) in [6.07, 6.45) is 49.6. The fourth-order valence-corrected chi connectivity index (χ4v) is 7.93. The van der Waals surface area contributed by atoms with E-state index in [0.717, 1.165) is 10.5 Å². The standard InChI is InChI=1S/C12H22O.C12H22S.C12H22/c2*1-2-4-6-8-10-12-11(13-12)9-7-5-3-1;1-2-4-6-8-10-12-11-9-7-5-3-1/h2*11-12H,1-10H2;1-2H,3-12H2. The molecular weight excluding hydrogens is 480 g/mol. The second kappa shape index (κ2) is 22.7. The van der Waals surface area contributed by atoms with Gasteiger partial charge in [-0.05, 0) is 51.4 Å². The molecule has 2 aliphatic heterocycles. The molecule has 0 aromatic heterocycles. The van der Waals surface area contributed by atoms with Gasteiger partial charge in [-0.2, -0.15) is 11.8 Å². The zero-order valence-electron chi connectivity index (χ0n) is 25.5. The summed E-state index contributed by atoms with van der Waals surface area (Å²) in [6.45, 7) is 0. The van der Waals surface area contributed by atoms with Crippen LogP contribution in [0.1, 0.15) is 193 Å². The zero-order valence-corrected chi connectivity index (χ0v) is 26.3. The third-order valence-corrected chi connectivity index (χ3v) is 11.0. The summed E-state index contributed by atoms with van der Waals surface area (Å²) < 4.78 is 5.63. The topological polar surface area (TPSA) is 12.5 Å². The summed E-state index contributed by atoms with van der Waals surface area (Å²) >= 11 is 2.26. The minimum atomic E-state index is 0.666. The molecule has 0 N–H and O–H groups in total. The van der Waals surface area contributed by atoms with Crippen molar-refractivity contribution >= 4 is 11.8 Å². The van der Waals surface area contributed by atoms with Gasteiger partial charge in [0, 0.05) is 10.5 Å². The van der Waals surface area contributed by atoms with Crippen molar-refractivity contribution in [3.63, 3.8) is 0 Å². The third-order valence-electron chi connectivity index (χ3n) is 9.49. The van der Waals surface area contributed by atoms with Gasteiger partial charge in [0.25, 0.3) is 0 Å². The molecule has 4 fully saturated rings. The minimum Gasteiger partial charge on any atom is -0.370 e. The zero-order chi connectivity index (χ0) is 26.4. The van der Waals surface area contributed by atoms with E-state index in [0.29, 0.717) is 12.2 Å². The smallest absolute Gasteiger partial charge is 0.0841 e. The highest BCUT2D eigenvalue weighted by Gasteiger charge is 2.37. The lowest BCUT2D eigenvalue weighted by atomic mass is 10.0. The van der Waals surface area contributed by atoms with E-state index in [-0.39, 0.29) is 0 Å². The number of rotatable bonds is 0. The molecular formula is C36H66OS. The molecule has 0 bridgehead atoms. The average Bonchev–Trinajstić information content (AvgIpc) is 3.83. The van der Waals surface area contributed by atoms with Crippen molar-refractivity contribution in [1.82, 2.24) is 0 Å². The largest absolute Gasteiger partial charge is 0.370 e. The molecule has 0 amide bonds. The van der Waals surface area contributed by atoms with Crippen LogP contribution >= 0.6 is 11.8 Å². The molecule has 0 aromatic carbocycles. The van der Waals surface area contributed by atoms with Gasteiger partial charge in [0.2, 0.25) is 0 Å². The van der Waals surface area contributed by atoms with Gasteiger partial charge in [-0.3, -0.25) is 0 Å². The lowest BCUT2D eigenvalue weighted by Crippen LogP contribution is -1.95. The quantitative estimate of drug-likeness (QED) is 0.221. The Morgan fingerprint density at radius 1 is 0.342 bits per heavy atom. The number of fused-ring (bicyclic) bond motifs is 2. The molecule has 0 radical (unpaired) electrons. The first kappa shape index (κ1) is 32.6. The van der Waals surface area contributed by atoms with Gasteiger partial charge in [0.15, 0.2) is 0 Å². The monoisotopic (exact) mass is 546 g/mol. The molecule has 38 heavy (non-hydrogen) atoms. The van der Waals surface area contributed by atoms with Crippen molar-refractivity contribution in [1.29, 1.82) is 0 Å². The molecule has 2 saturated carbocycles. The van der Waals surface area contributed by atoms with E-state index in [1.54, 1.807) is 0 Å². The number of epoxide rings is 1. The second-order valence-electron chi connectivity index (χ2n) is 13.1. The van der Waals surface area contributed by atoms with E-state index >= 15 is 0 Å². The number of hydrogen-bond acceptors (Lipinski definition) is 2. The van der Waals surface area contributed by atoms with Crippen LogP contribution in [0.2, 0.25) is 0 Å². The summed E-state index contributed by atoms with van der Waals surface area (Å²) in [4.78, 5) is 0. The van der Waals surface area contributed by atoms with Crippen LogP contribution in [0.5, 0.6) is 0 Å². The number of hydrogen-bond donors (Lipinski definition) is 0. The van der Waals surface area contributed by atoms with Crippen LogP contribution in [0.15, 0.2) is 12.2 Å². The summed E-state index contributed by atoms with van der Waals surface area (Å²) in [5.74, 6) is 0. The van der Waals surface area contributed by atoms with Crippen LogP contribution in [0.4, 0.5) is 0 Å². The Bertz CT molecular complexity index is 480. The van der Waals surface area contributed by atoms with Crippen molar-refractivity contribution < 1.29 is 4.74 Å². The lowest BCUT2D eigenvalue weighted by Gasteiger charge is -2.04. The highest BCUT2D eigenvalue weighted by Crippen LogP contribution is 2.47. The molecule has 2 heteroatoms. The fraction of sp³-hybridized carbons (Fsp3) is 0.944. The molecule has 2 heterocycles. The first-order chi connectivity index (χ1) is 18.9. The molecule has 1 nitrogen and oxygen atoms in total. The maximum atomic E-state index is 5.63. The highest BCUT2D eigenvalue weighted by atomic mass is 32.2. The van der Waals surface area contributed by atoms with Crippen molar-refractivity contribution in [2.75, 3.05) is 0 Å². The first-order valence-corrected chi connectivity index (χ1v) is 18.8. The SMILES string of the molecule is C1=CCCCCCCCCCC1.C1CCCCCC2OC2CCCC1.C1CCCCCC2SC2CCCC1. The summed E-state index contributed by atoms with van der Waals surface area (Å²) in [6, 6.07) is 0. The Hall–Kier alpha value is 0.0500. The number of thioether (sulfide) groups is 1. The van der Waals surface area contributed by atoms with Crippen LogP contribution in [-0.2, 0) is 4.74 Å².